The van der Waals surface area contributed by atoms with Crippen molar-refractivity contribution in [1.82, 2.24) is 19.2 Å². The quantitative estimate of drug-likeness (QED) is 0.782. The van der Waals surface area contributed by atoms with E-state index in [4.69, 9.17) is 4.74 Å². The summed E-state index contributed by atoms with van der Waals surface area (Å²) in [5.74, 6) is 0.0690. The average Bonchev–Trinajstić information content (AvgIpc) is 3.23. The van der Waals surface area contributed by atoms with Crippen LogP contribution < -0.4 is 5.32 Å². The molecule has 1 amide bonds. The van der Waals surface area contributed by atoms with Crippen LogP contribution in [0.4, 0.5) is 0 Å². The maximum atomic E-state index is 12.9. The third-order valence-corrected chi connectivity index (χ3v) is 6.69. The first-order chi connectivity index (χ1) is 12.8. The number of hydrogen-bond donors (Lipinski definition) is 1. The Kier molecular flexibility index (Phi) is 5.64. The summed E-state index contributed by atoms with van der Waals surface area (Å²) in [6.07, 6.45) is 3.49. The lowest BCUT2D eigenvalue weighted by atomic mass is 10.0. The van der Waals surface area contributed by atoms with Crippen LogP contribution in [0.5, 0.6) is 0 Å². The van der Waals surface area contributed by atoms with Gasteiger partial charge in [0, 0.05) is 45.0 Å². The van der Waals surface area contributed by atoms with E-state index < -0.39 is 10.0 Å². The number of imidazole rings is 1. The Labute approximate surface area is 159 Å². The molecule has 0 spiro atoms. The monoisotopic (exact) mass is 392 g/mol. The van der Waals surface area contributed by atoms with Crippen LogP contribution in [-0.2, 0) is 21.8 Å². The number of aryl methyl sites for hydroxylation is 1. The summed E-state index contributed by atoms with van der Waals surface area (Å²) < 4.78 is 32.8. The number of nitrogens with one attached hydrogen (secondary N) is 1. The number of carbonyl (C=O) groups is 1. The Bertz CT molecular complexity index is 923. The van der Waals surface area contributed by atoms with Gasteiger partial charge >= 0.3 is 0 Å². The Balaban J connectivity index is 1.79. The Morgan fingerprint density at radius 1 is 1.33 bits per heavy atom. The topological polar surface area (TPSA) is 93.5 Å². The van der Waals surface area contributed by atoms with Crippen LogP contribution >= 0.6 is 0 Å². The van der Waals surface area contributed by atoms with Crippen molar-refractivity contribution in [2.24, 2.45) is 13.0 Å². The van der Waals surface area contributed by atoms with Crippen LogP contribution in [0.2, 0.25) is 0 Å². The number of rotatable bonds is 6. The number of amides is 1. The maximum absolute atomic E-state index is 12.9. The van der Waals surface area contributed by atoms with Gasteiger partial charge in [0.15, 0.2) is 0 Å². The molecule has 2 atom stereocenters. The van der Waals surface area contributed by atoms with Crippen LogP contribution in [0.1, 0.15) is 10.4 Å². The van der Waals surface area contributed by atoms with E-state index in [2.05, 4.69) is 10.3 Å². The first kappa shape index (κ1) is 19.5. The zero-order valence-corrected chi connectivity index (χ0v) is 16.4. The molecule has 0 bridgehead atoms. The molecule has 0 radical (unpaired) electrons. The minimum atomic E-state index is -3.38. The van der Waals surface area contributed by atoms with Crippen molar-refractivity contribution in [2.45, 2.75) is 6.04 Å². The molecule has 0 aliphatic carbocycles. The van der Waals surface area contributed by atoms with Crippen molar-refractivity contribution in [3.8, 4) is 11.4 Å². The SMILES string of the molecule is CN(C)S(=O)(=O)C[C@@H]1COC[C@@H]1NC(=O)c1ccccc1-c1nccn1C. The van der Waals surface area contributed by atoms with Gasteiger partial charge in [0.05, 0.1) is 30.6 Å². The predicted molar refractivity (Wildman–Crippen MR) is 102 cm³/mol. The van der Waals surface area contributed by atoms with E-state index in [1.54, 1.807) is 18.3 Å². The summed E-state index contributed by atoms with van der Waals surface area (Å²) in [4.78, 5) is 17.2. The molecule has 1 aromatic carbocycles. The fourth-order valence-electron chi connectivity index (χ4n) is 3.09. The van der Waals surface area contributed by atoms with Gasteiger partial charge in [-0.15, -0.1) is 0 Å². The maximum Gasteiger partial charge on any atom is 0.252 e. The Hall–Kier alpha value is -2.23. The third-order valence-electron chi connectivity index (χ3n) is 4.73. The standard InChI is InChI=1S/C18H24N4O4S/c1-21(2)27(24,25)12-13-10-26-11-16(13)20-18(23)15-7-5-4-6-14(15)17-19-8-9-22(17)3/h4-9,13,16H,10-12H2,1-3H3,(H,20,23)/t13-,16-/m0/s1. The number of aromatic nitrogens is 2. The molecule has 146 valence electrons. The highest BCUT2D eigenvalue weighted by Gasteiger charge is 2.34. The van der Waals surface area contributed by atoms with Gasteiger partial charge in [-0.25, -0.2) is 17.7 Å². The lowest BCUT2D eigenvalue weighted by Crippen LogP contribution is -2.43. The highest BCUT2D eigenvalue weighted by Crippen LogP contribution is 2.23. The van der Waals surface area contributed by atoms with Gasteiger partial charge < -0.3 is 14.6 Å². The lowest BCUT2D eigenvalue weighted by molar-refractivity contribution is 0.0926. The molecule has 3 rings (SSSR count). The molecule has 8 nitrogen and oxygen atoms in total. The zero-order chi connectivity index (χ0) is 19.6. The zero-order valence-electron chi connectivity index (χ0n) is 15.6. The smallest absolute Gasteiger partial charge is 0.252 e. The number of nitrogens with zero attached hydrogens (tertiary/aromatic N) is 3. The van der Waals surface area contributed by atoms with E-state index in [9.17, 15) is 13.2 Å². The van der Waals surface area contributed by atoms with Crippen molar-refractivity contribution < 1.29 is 17.9 Å². The van der Waals surface area contributed by atoms with Crippen LogP contribution in [-0.4, -0.2) is 67.3 Å². The van der Waals surface area contributed by atoms with Gasteiger partial charge in [-0.1, -0.05) is 18.2 Å². The molecule has 1 N–H and O–H groups in total. The molecule has 1 saturated heterocycles. The minimum absolute atomic E-state index is 0.0635. The van der Waals surface area contributed by atoms with Crippen molar-refractivity contribution in [3.63, 3.8) is 0 Å². The average molecular weight is 392 g/mol. The third kappa shape index (κ3) is 4.20. The Morgan fingerprint density at radius 3 is 2.74 bits per heavy atom. The van der Waals surface area contributed by atoms with Gasteiger partial charge in [-0.2, -0.15) is 0 Å². The van der Waals surface area contributed by atoms with Crippen molar-refractivity contribution in [2.75, 3.05) is 33.1 Å². The summed E-state index contributed by atoms with van der Waals surface area (Å²) in [6, 6.07) is 6.87. The van der Waals surface area contributed by atoms with Crippen LogP contribution in [0, 0.1) is 5.92 Å². The summed E-state index contributed by atoms with van der Waals surface area (Å²) in [5.41, 5.74) is 1.21. The highest BCUT2D eigenvalue weighted by atomic mass is 32.2. The summed E-state index contributed by atoms with van der Waals surface area (Å²) in [5, 5.41) is 2.94. The van der Waals surface area contributed by atoms with E-state index in [-0.39, 0.29) is 23.6 Å². The molecular weight excluding hydrogens is 368 g/mol. The first-order valence-corrected chi connectivity index (χ1v) is 10.3. The molecule has 1 aromatic heterocycles. The van der Waals surface area contributed by atoms with Crippen LogP contribution in [0.3, 0.4) is 0 Å². The lowest BCUT2D eigenvalue weighted by Gasteiger charge is -2.21. The molecule has 0 unspecified atom stereocenters. The van der Waals surface area contributed by atoms with Crippen LogP contribution in [0.25, 0.3) is 11.4 Å². The summed E-state index contributed by atoms with van der Waals surface area (Å²) >= 11 is 0. The van der Waals surface area contributed by atoms with E-state index >= 15 is 0 Å². The Morgan fingerprint density at radius 2 is 2.07 bits per heavy atom. The second-order valence-corrected chi connectivity index (χ2v) is 9.07. The molecule has 9 heteroatoms. The highest BCUT2D eigenvalue weighted by molar-refractivity contribution is 7.89. The van der Waals surface area contributed by atoms with Gasteiger partial charge in [0.1, 0.15) is 5.82 Å². The fraction of sp³-hybridized carbons (Fsp3) is 0.444. The predicted octanol–water partition coefficient (Wildman–Crippen LogP) is 0.723. The second kappa shape index (κ2) is 7.79. The van der Waals surface area contributed by atoms with E-state index in [1.807, 2.05) is 29.9 Å². The number of sulfonamides is 1. The second-order valence-electron chi connectivity index (χ2n) is 6.85. The molecule has 2 aromatic rings. The molecule has 0 saturated carbocycles. The summed E-state index contributed by atoms with van der Waals surface area (Å²) in [7, 11) is 1.49. The molecule has 27 heavy (non-hydrogen) atoms. The van der Waals surface area contributed by atoms with E-state index in [1.165, 1.54) is 18.4 Å². The fourth-order valence-corrected chi connectivity index (χ4v) is 4.26. The van der Waals surface area contributed by atoms with Crippen molar-refractivity contribution in [1.29, 1.82) is 0 Å². The number of hydrogen-bond acceptors (Lipinski definition) is 5. The molecular formula is C18H24N4O4S. The normalized spacial score (nSPS) is 20.1. The minimum Gasteiger partial charge on any atom is -0.379 e. The van der Waals surface area contributed by atoms with Gasteiger partial charge in [-0.3, -0.25) is 4.79 Å². The van der Waals surface area contributed by atoms with Gasteiger partial charge in [0.25, 0.3) is 5.91 Å². The van der Waals surface area contributed by atoms with Crippen molar-refractivity contribution >= 4 is 15.9 Å². The number of ether oxygens (including phenoxy) is 1. The number of carbonyl (C=O) groups excluding carboxylic acids is 1. The number of benzene rings is 1. The molecule has 1 fully saturated rings. The first-order valence-electron chi connectivity index (χ1n) is 8.65. The molecule has 2 heterocycles. The van der Waals surface area contributed by atoms with E-state index in [0.29, 0.717) is 24.6 Å². The largest absolute Gasteiger partial charge is 0.379 e. The van der Waals surface area contributed by atoms with Gasteiger partial charge in [-0.05, 0) is 6.07 Å². The molecule has 1 aliphatic rings. The van der Waals surface area contributed by atoms with Crippen molar-refractivity contribution in [3.05, 3.63) is 42.2 Å². The van der Waals surface area contributed by atoms with Crippen LogP contribution in [0.15, 0.2) is 36.7 Å². The van der Waals surface area contributed by atoms with E-state index in [0.717, 1.165) is 5.56 Å². The summed E-state index contributed by atoms with van der Waals surface area (Å²) in [6.45, 7) is 0.600. The molecule has 1 aliphatic heterocycles. The van der Waals surface area contributed by atoms with Gasteiger partial charge in [0.2, 0.25) is 10.0 Å².